The van der Waals surface area contributed by atoms with Crippen molar-refractivity contribution >= 4 is 5.97 Å². The van der Waals surface area contributed by atoms with E-state index in [4.69, 9.17) is 4.74 Å². The summed E-state index contributed by atoms with van der Waals surface area (Å²) in [6.07, 6.45) is 9.53. The van der Waals surface area contributed by atoms with Crippen LogP contribution in [0.3, 0.4) is 0 Å². The van der Waals surface area contributed by atoms with Crippen molar-refractivity contribution in [2.24, 2.45) is 23.2 Å². The minimum Gasteiger partial charge on any atom is -0.490 e. The van der Waals surface area contributed by atoms with Gasteiger partial charge in [0, 0.05) is 11.6 Å². The van der Waals surface area contributed by atoms with E-state index in [1.807, 2.05) is 0 Å². The van der Waals surface area contributed by atoms with Gasteiger partial charge in [-0.3, -0.25) is 0 Å². The van der Waals surface area contributed by atoms with Crippen LogP contribution in [0, 0.1) is 23.2 Å². The van der Waals surface area contributed by atoms with Crippen molar-refractivity contribution in [3.8, 4) is 5.75 Å². The number of aromatic nitrogens is 1. The Labute approximate surface area is 124 Å². The van der Waals surface area contributed by atoms with Gasteiger partial charge in [-0.1, -0.05) is 0 Å². The average molecular weight is 287 g/mol. The number of carboxylic acid groups (broad SMARTS) is 1. The summed E-state index contributed by atoms with van der Waals surface area (Å²) < 4.78 is 5.94. The van der Waals surface area contributed by atoms with Crippen LogP contribution in [0.1, 0.15) is 49.0 Å². The first-order chi connectivity index (χ1) is 10.1. The van der Waals surface area contributed by atoms with Crippen LogP contribution in [0.2, 0.25) is 0 Å². The van der Waals surface area contributed by atoms with Crippen molar-refractivity contribution in [2.45, 2.75) is 38.5 Å². The third-order valence-corrected chi connectivity index (χ3v) is 5.67. The van der Waals surface area contributed by atoms with Gasteiger partial charge in [-0.05, 0) is 68.4 Å². The quantitative estimate of drug-likeness (QED) is 0.922. The molecule has 0 spiro atoms. The second kappa shape index (κ2) is 4.72. The van der Waals surface area contributed by atoms with Gasteiger partial charge in [0.05, 0.1) is 6.61 Å². The molecule has 0 atom stereocenters. The molecule has 4 bridgehead atoms. The largest absolute Gasteiger partial charge is 0.490 e. The number of ether oxygens (including phenoxy) is 1. The van der Waals surface area contributed by atoms with Crippen LogP contribution < -0.4 is 4.74 Å². The molecular weight excluding hydrogens is 266 g/mol. The van der Waals surface area contributed by atoms with E-state index in [1.54, 1.807) is 12.1 Å². The molecule has 1 aromatic heterocycles. The third kappa shape index (κ3) is 2.30. The molecule has 4 nitrogen and oxygen atoms in total. The molecule has 1 N–H and O–H groups in total. The van der Waals surface area contributed by atoms with Crippen molar-refractivity contribution in [1.82, 2.24) is 4.98 Å². The van der Waals surface area contributed by atoms with Crippen molar-refractivity contribution in [2.75, 3.05) is 6.61 Å². The monoisotopic (exact) mass is 287 g/mol. The smallest absolute Gasteiger partial charge is 0.358 e. The summed E-state index contributed by atoms with van der Waals surface area (Å²) in [6.45, 7) is 0.655. The lowest BCUT2D eigenvalue weighted by Crippen LogP contribution is -2.48. The number of rotatable bonds is 4. The molecule has 1 heterocycles. The van der Waals surface area contributed by atoms with E-state index in [1.165, 1.54) is 44.7 Å². The Morgan fingerprint density at radius 2 is 1.86 bits per heavy atom. The van der Waals surface area contributed by atoms with E-state index in [0.29, 0.717) is 17.8 Å². The van der Waals surface area contributed by atoms with Crippen LogP contribution in [0.4, 0.5) is 0 Å². The Morgan fingerprint density at radius 1 is 1.24 bits per heavy atom. The number of nitrogens with zero attached hydrogens (tertiary/aromatic N) is 1. The van der Waals surface area contributed by atoms with Crippen LogP contribution in [-0.4, -0.2) is 22.7 Å². The predicted octanol–water partition coefficient (Wildman–Crippen LogP) is 3.38. The highest BCUT2D eigenvalue weighted by molar-refractivity contribution is 5.88. The molecule has 4 heteroatoms. The van der Waals surface area contributed by atoms with Crippen molar-refractivity contribution in [3.05, 3.63) is 24.0 Å². The van der Waals surface area contributed by atoms with E-state index >= 15 is 0 Å². The highest BCUT2D eigenvalue weighted by Crippen LogP contribution is 2.60. The van der Waals surface area contributed by atoms with Gasteiger partial charge in [-0.25, -0.2) is 9.78 Å². The fraction of sp³-hybridized carbons (Fsp3) is 0.647. The lowest BCUT2D eigenvalue weighted by Gasteiger charge is -2.56. The molecule has 5 rings (SSSR count). The second-order valence-corrected chi connectivity index (χ2v) is 7.36. The number of pyridine rings is 1. The Kier molecular flexibility index (Phi) is 2.95. The molecule has 21 heavy (non-hydrogen) atoms. The molecule has 1 aromatic rings. The SMILES string of the molecule is O=C(O)c1ncccc1OCC12CC3CC(CC(C3)C1)C2. The zero-order valence-corrected chi connectivity index (χ0v) is 12.1. The fourth-order valence-electron chi connectivity index (χ4n) is 5.37. The Hall–Kier alpha value is -1.58. The van der Waals surface area contributed by atoms with Crippen LogP contribution in [-0.2, 0) is 0 Å². The molecule has 4 aliphatic carbocycles. The highest BCUT2D eigenvalue weighted by atomic mass is 16.5. The summed E-state index contributed by atoms with van der Waals surface area (Å²) in [5.74, 6) is 2.05. The van der Waals surface area contributed by atoms with E-state index < -0.39 is 5.97 Å². The summed E-state index contributed by atoms with van der Waals surface area (Å²) in [7, 11) is 0. The van der Waals surface area contributed by atoms with E-state index in [-0.39, 0.29) is 5.69 Å². The van der Waals surface area contributed by atoms with Crippen LogP contribution >= 0.6 is 0 Å². The predicted molar refractivity (Wildman–Crippen MR) is 77.3 cm³/mol. The van der Waals surface area contributed by atoms with E-state index in [9.17, 15) is 9.90 Å². The van der Waals surface area contributed by atoms with Gasteiger partial charge in [-0.2, -0.15) is 0 Å². The lowest BCUT2D eigenvalue weighted by atomic mass is 9.50. The molecule has 0 amide bonds. The maximum Gasteiger partial charge on any atom is 0.358 e. The van der Waals surface area contributed by atoms with E-state index in [0.717, 1.165) is 17.8 Å². The Balaban J connectivity index is 1.51. The first kappa shape index (κ1) is 13.1. The van der Waals surface area contributed by atoms with Gasteiger partial charge >= 0.3 is 5.97 Å². The van der Waals surface area contributed by atoms with Gasteiger partial charge < -0.3 is 9.84 Å². The number of carboxylic acids is 1. The lowest BCUT2D eigenvalue weighted by molar-refractivity contribution is -0.0747. The molecular formula is C17H21NO3. The van der Waals surface area contributed by atoms with Gasteiger partial charge in [0.1, 0.15) is 0 Å². The molecule has 0 unspecified atom stereocenters. The summed E-state index contributed by atoms with van der Waals surface area (Å²) in [4.78, 5) is 15.1. The second-order valence-electron chi connectivity index (χ2n) is 7.36. The maximum atomic E-state index is 11.2. The summed E-state index contributed by atoms with van der Waals surface area (Å²) in [5, 5.41) is 9.18. The number of carbonyl (C=O) groups is 1. The number of hydrogen-bond acceptors (Lipinski definition) is 3. The Morgan fingerprint density at radius 3 is 2.43 bits per heavy atom. The Bertz CT molecular complexity index is 534. The van der Waals surface area contributed by atoms with E-state index in [2.05, 4.69) is 4.98 Å². The topological polar surface area (TPSA) is 59.4 Å². The van der Waals surface area contributed by atoms with Gasteiger partial charge in [-0.15, -0.1) is 0 Å². The van der Waals surface area contributed by atoms with Crippen molar-refractivity contribution in [1.29, 1.82) is 0 Å². The molecule has 112 valence electrons. The fourth-order valence-corrected chi connectivity index (χ4v) is 5.37. The van der Waals surface area contributed by atoms with Gasteiger partial charge in [0.25, 0.3) is 0 Å². The number of hydrogen-bond donors (Lipinski definition) is 1. The zero-order chi connectivity index (χ0) is 14.4. The van der Waals surface area contributed by atoms with Crippen LogP contribution in [0.25, 0.3) is 0 Å². The molecule has 0 saturated heterocycles. The summed E-state index contributed by atoms with van der Waals surface area (Å²) in [5.41, 5.74) is 0.322. The normalized spacial score (nSPS) is 36.7. The number of aromatic carboxylic acids is 1. The van der Waals surface area contributed by atoms with Gasteiger partial charge in [0.15, 0.2) is 11.4 Å². The molecule has 0 radical (unpaired) electrons. The maximum absolute atomic E-state index is 11.2. The minimum atomic E-state index is -1.02. The average Bonchev–Trinajstić information content (AvgIpc) is 2.44. The summed E-state index contributed by atoms with van der Waals surface area (Å²) in [6, 6.07) is 3.46. The highest BCUT2D eigenvalue weighted by Gasteiger charge is 2.51. The molecule has 4 saturated carbocycles. The standard InChI is InChI=1S/C17H21NO3/c19-16(20)15-14(2-1-3-18-15)21-10-17-7-11-4-12(8-17)6-13(5-11)9-17/h1-3,11-13H,4-10H2,(H,19,20). The van der Waals surface area contributed by atoms with Crippen molar-refractivity contribution in [3.63, 3.8) is 0 Å². The first-order valence-corrected chi connectivity index (χ1v) is 7.95. The molecule has 4 aliphatic rings. The molecule has 0 aromatic carbocycles. The van der Waals surface area contributed by atoms with Crippen LogP contribution in [0.5, 0.6) is 5.75 Å². The minimum absolute atomic E-state index is 0.0298. The van der Waals surface area contributed by atoms with Crippen LogP contribution in [0.15, 0.2) is 18.3 Å². The zero-order valence-electron chi connectivity index (χ0n) is 12.1. The third-order valence-electron chi connectivity index (χ3n) is 5.67. The molecule has 0 aliphatic heterocycles. The summed E-state index contributed by atoms with van der Waals surface area (Å²) >= 11 is 0. The first-order valence-electron chi connectivity index (χ1n) is 7.95. The van der Waals surface area contributed by atoms with Crippen molar-refractivity contribution < 1.29 is 14.6 Å². The van der Waals surface area contributed by atoms with Gasteiger partial charge in [0.2, 0.25) is 0 Å². The molecule has 4 fully saturated rings.